The van der Waals surface area contributed by atoms with Crippen molar-refractivity contribution < 1.29 is 19.1 Å². The van der Waals surface area contributed by atoms with Crippen molar-refractivity contribution in [2.75, 3.05) is 31.2 Å². The zero-order valence-electron chi connectivity index (χ0n) is 11.5. The second-order valence-corrected chi connectivity index (χ2v) is 5.84. The summed E-state index contributed by atoms with van der Waals surface area (Å²) >= 11 is 1.36. The second-order valence-electron chi connectivity index (χ2n) is 5.00. The van der Waals surface area contributed by atoms with E-state index in [1.54, 1.807) is 10.3 Å². The number of urea groups is 1. The van der Waals surface area contributed by atoms with Crippen LogP contribution in [0, 0.1) is 0 Å². The fourth-order valence-electron chi connectivity index (χ4n) is 2.32. The highest BCUT2D eigenvalue weighted by molar-refractivity contribution is 7.14. The number of aromatic nitrogens is 1. The number of ether oxygens (including phenoxy) is 2. The van der Waals surface area contributed by atoms with E-state index in [-0.39, 0.29) is 24.5 Å². The van der Waals surface area contributed by atoms with Crippen molar-refractivity contribution in [3.8, 4) is 0 Å². The summed E-state index contributed by atoms with van der Waals surface area (Å²) in [7, 11) is 0. The van der Waals surface area contributed by atoms with Crippen molar-refractivity contribution in [1.82, 2.24) is 10.3 Å². The number of rotatable bonds is 5. The highest BCUT2D eigenvalue weighted by atomic mass is 32.1. The minimum Gasteiger partial charge on any atom is -0.463 e. The highest BCUT2D eigenvalue weighted by Crippen LogP contribution is 2.22. The van der Waals surface area contributed by atoms with Crippen molar-refractivity contribution in [2.45, 2.75) is 25.4 Å². The Bertz CT molecular complexity index is 527. The van der Waals surface area contributed by atoms with Gasteiger partial charge < -0.3 is 14.8 Å². The van der Waals surface area contributed by atoms with Gasteiger partial charge in [0.15, 0.2) is 5.13 Å². The molecule has 7 nitrogen and oxygen atoms in total. The molecule has 1 N–H and O–H groups in total. The van der Waals surface area contributed by atoms with Gasteiger partial charge in [0.1, 0.15) is 6.61 Å². The Labute approximate surface area is 126 Å². The summed E-state index contributed by atoms with van der Waals surface area (Å²) in [6, 6.07) is -0.142. The number of nitrogens with one attached hydrogen (secondary N) is 1. The van der Waals surface area contributed by atoms with Crippen molar-refractivity contribution in [3.63, 3.8) is 0 Å². The average Bonchev–Trinajstić information content (AvgIpc) is 3.17. The van der Waals surface area contributed by atoms with Gasteiger partial charge in [0.2, 0.25) is 0 Å². The minimum atomic E-state index is -0.312. The molecule has 0 unspecified atom stereocenters. The standard InChI is InChI=1S/C13H17N3O4S/c17-11(20-7-10-2-1-5-19-10)6-9-8-21-13(15-9)16-4-3-14-12(16)18/h8,10H,1-7H2,(H,14,18)/t10-/m0/s1. The number of hydrogen-bond acceptors (Lipinski definition) is 6. The minimum absolute atomic E-state index is 0.0354. The first kappa shape index (κ1) is 14.3. The molecule has 3 rings (SSSR count). The summed E-state index contributed by atoms with van der Waals surface area (Å²) in [5.74, 6) is -0.312. The Kier molecular flexibility index (Phi) is 4.35. The van der Waals surface area contributed by atoms with E-state index in [0.717, 1.165) is 19.4 Å². The maximum atomic E-state index is 11.8. The van der Waals surface area contributed by atoms with Crippen LogP contribution in [0.4, 0.5) is 9.93 Å². The molecule has 0 aromatic carbocycles. The van der Waals surface area contributed by atoms with Gasteiger partial charge in [-0.15, -0.1) is 11.3 Å². The topological polar surface area (TPSA) is 80.8 Å². The molecule has 0 spiro atoms. The van der Waals surface area contributed by atoms with Crippen LogP contribution in [-0.4, -0.2) is 49.4 Å². The first-order valence-corrected chi connectivity index (χ1v) is 7.87. The Hall–Kier alpha value is -1.67. The predicted molar refractivity (Wildman–Crippen MR) is 76.5 cm³/mol. The molecular formula is C13H17N3O4S. The SMILES string of the molecule is O=C(Cc1csc(N2CCNC2=O)n1)OC[C@@H]1CCCO1. The molecule has 114 valence electrons. The summed E-state index contributed by atoms with van der Waals surface area (Å²) in [5, 5.41) is 5.12. The third-order valence-electron chi connectivity index (χ3n) is 3.41. The molecule has 2 aliphatic rings. The van der Waals surface area contributed by atoms with Crippen molar-refractivity contribution >= 4 is 28.5 Å². The lowest BCUT2D eigenvalue weighted by molar-refractivity contribution is -0.146. The van der Waals surface area contributed by atoms with Crippen LogP contribution in [0.25, 0.3) is 0 Å². The zero-order valence-corrected chi connectivity index (χ0v) is 12.4. The van der Waals surface area contributed by atoms with Crippen LogP contribution in [0.5, 0.6) is 0 Å². The number of thiazole rings is 1. The molecule has 0 bridgehead atoms. The van der Waals surface area contributed by atoms with Crippen molar-refractivity contribution in [3.05, 3.63) is 11.1 Å². The largest absolute Gasteiger partial charge is 0.463 e. The molecule has 2 saturated heterocycles. The monoisotopic (exact) mass is 311 g/mol. The van der Waals surface area contributed by atoms with E-state index in [9.17, 15) is 9.59 Å². The molecule has 21 heavy (non-hydrogen) atoms. The van der Waals surface area contributed by atoms with E-state index >= 15 is 0 Å². The first-order chi connectivity index (χ1) is 10.2. The van der Waals surface area contributed by atoms with Crippen LogP contribution >= 0.6 is 11.3 Å². The Morgan fingerprint density at radius 3 is 3.24 bits per heavy atom. The number of amides is 2. The Balaban J connectivity index is 1.49. The smallest absolute Gasteiger partial charge is 0.323 e. The van der Waals surface area contributed by atoms with Crippen LogP contribution in [0.2, 0.25) is 0 Å². The quantitative estimate of drug-likeness (QED) is 0.819. The number of esters is 1. The van der Waals surface area contributed by atoms with E-state index in [0.29, 0.717) is 30.5 Å². The third-order valence-corrected chi connectivity index (χ3v) is 4.32. The lowest BCUT2D eigenvalue weighted by Gasteiger charge is -2.10. The summed E-state index contributed by atoms with van der Waals surface area (Å²) < 4.78 is 10.6. The molecule has 2 aliphatic heterocycles. The van der Waals surface area contributed by atoms with Gasteiger partial charge in [0.05, 0.1) is 18.2 Å². The third kappa shape index (κ3) is 3.51. The lowest BCUT2D eigenvalue weighted by Crippen LogP contribution is -2.27. The lowest BCUT2D eigenvalue weighted by atomic mass is 10.2. The van der Waals surface area contributed by atoms with Crippen LogP contribution in [-0.2, 0) is 20.7 Å². The molecule has 1 atom stereocenters. The van der Waals surface area contributed by atoms with Gasteiger partial charge in [0.25, 0.3) is 0 Å². The molecule has 0 radical (unpaired) electrons. The number of carbonyl (C=O) groups is 2. The van der Waals surface area contributed by atoms with Crippen molar-refractivity contribution in [1.29, 1.82) is 0 Å². The Morgan fingerprint density at radius 1 is 1.62 bits per heavy atom. The van der Waals surface area contributed by atoms with E-state index in [4.69, 9.17) is 9.47 Å². The van der Waals surface area contributed by atoms with Gasteiger partial charge in [-0.1, -0.05) is 0 Å². The molecule has 3 heterocycles. The number of anilines is 1. The summed E-state index contributed by atoms with van der Waals surface area (Å²) in [6.45, 7) is 2.28. The van der Waals surface area contributed by atoms with Gasteiger partial charge in [-0.3, -0.25) is 9.69 Å². The summed E-state index contributed by atoms with van der Waals surface area (Å²) in [6.07, 6.45) is 2.13. The summed E-state index contributed by atoms with van der Waals surface area (Å²) in [4.78, 5) is 29.2. The molecule has 0 saturated carbocycles. The molecule has 2 amide bonds. The number of hydrogen-bond donors (Lipinski definition) is 1. The maximum Gasteiger partial charge on any atom is 0.323 e. The van der Waals surface area contributed by atoms with E-state index in [1.807, 2.05) is 0 Å². The number of carbonyl (C=O) groups excluding carboxylic acids is 2. The zero-order chi connectivity index (χ0) is 14.7. The van der Waals surface area contributed by atoms with E-state index in [2.05, 4.69) is 10.3 Å². The number of nitrogens with zero attached hydrogens (tertiary/aromatic N) is 2. The van der Waals surface area contributed by atoms with Gasteiger partial charge in [0, 0.05) is 25.1 Å². The van der Waals surface area contributed by atoms with Crippen LogP contribution in [0.3, 0.4) is 0 Å². The average molecular weight is 311 g/mol. The van der Waals surface area contributed by atoms with Gasteiger partial charge >= 0.3 is 12.0 Å². The van der Waals surface area contributed by atoms with Crippen LogP contribution in [0.1, 0.15) is 18.5 Å². The molecule has 1 aromatic heterocycles. The molecule has 2 fully saturated rings. The Morgan fingerprint density at radius 2 is 2.52 bits per heavy atom. The first-order valence-electron chi connectivity index (χ1n) is 6.99. The van der Waals surface area contributed by atoms with E-state index in [1.165, 1.54) is 11.3 Å². The van der Waals surface area contributed by atoms with Crippen LogP contribution < -0.4 is 10.2 Å². The molecular weight excluding hydrogens is 294 g/mol. The predicted octanol–water partition coefficient (Wildman–Crippen LogP) is 0.937. The van der Waals surface area contributed by atoms with E-state index < -0.39 is 0 Å². The maximum absolute atomic E-state index is 11.8. The van der Waals surface area contributed by atoms with Gasteiger partial charge in [-0.25, -0.2) is 9.78 Å². The van der Waals surface area contributed by atoms with Crippen molar-refractivity contribution in [2.24, 2.45) is 0 Å². The van der Waals surface area contributed by atoms with Gasteiger partial charge in [-0.2, -0.15) is 0 Å². The fraction of sp³-hybridized carbons (Fsp3) is 0.615. The normalized spacial score (nSPS) is 21.6. The molecule has 1 aromatic rings. The molecule has 0 aliphatic carbocycles. The van der Waals surface area contributed by atoms with Gasteiger partial charge in [-0.05, 0) is 12.8 Å². The van der Waals surface area contributed by atoms with Crippen LogP contribution in [0.15, 0.2) is 5.38 Å². The highest BCUT2D eigenvalue weighted by Gasteiger charge is 2.24. The second kappa shape index (κ2) is 6.40. The fourth-order valence-corrected chi connectivity index (χ4v) is 3.17. The summed E-state index contributed by atoms with van der Waals surface area (Å²) in [5.41, 5.74) is 0.632. The molecule has 8 heteroatoms.